The van der Waals surface area contributed by atoms with Crippen molar-refractivity contribution in [2.75, 3.05) is 18.2 Å². The van der Waals surface area contributed by atoms with Gasteiger partial charge in [-0.15, -0.1) is 0 Å². The molecule has 0 spiro atoms. The average molecular weight is 402 g/mol. The third-order valence-electron chi connectivity index (χ3n) is 4.76. The number of nitrogens with zero attached hydrogens (tertiary/aromatic N) is 3. The van der Waals surface area contributed by atoms with Crippen molar-refractivity contribution >= 4 is 23.2 Å². The summed E-state index contributed by atoms with van der Waals surface area (Å²) in [4.78, 5) is 18.4. The molecule has 1 atom stereocenters. The van der Waals surface area contributed by atoms with Gasteiger partial charge in [-0.05, 0) is 36.4 Å². The van der Waals surface area contributed by atoms with Crippen LogP contribution in [0.25, 0.3) is 11.4 Å². The predicted molar refractivity (Wildman–Crippen MR) is 97.0 cm³/mol. The summed E-state index contributed by atoms with van der Waals surface area (Å²) in [6.07, 6.45) is 0.220. The number of halogens is 2. The zero-order valence-electron chi connectivity index (χ0n) is 14.4. The summed E-state index contributed by atoms with van der Waals surface area (Å²) in [6, 6.07) is 9.57. The second-order valence-corrected chi connectivity index (χ2v) is 6.94. The topological polar surface area (TPSA) is 77.7 Å². The fourth-order valence-electron chi connectivity index (χ4n) is 3.33. The van der Waals surface area contributed by atoms with Crippen molar-refractivity contribution in [2.24, 2.45) is 0 Å². The minimum absolute atomic E-state index is 0.0309. The van der Waals surface area contributed by atoms with E-state index in [9.17, 15) is 9.18 Å². The van der Waals surface area contributed by atoms with Crippen molar-refractivity contribution < 1.29 is 23.2 Å². The van der Waals surface area contributed by atoms with Crippen LogP contribution in [0.15, 0.2) is 40.9 Å². The van der Waals surface area contributed by atoms with Gasteiger partial charge in [-0.1, -0.05) is 16.8 Å². The molecule has 1 fully saturated rings. The molecule has 0 saturated carbocycles. The van der Waals surface area contributed by atoms with E-state index in [2.05, 4.69) is 10.1 Å². The van der Waals surface area contributed by atoms with Gasteiger partial charge in [0.05, 0.1) is 10.9 Å². The van der Waals surface area contributed by atoms with Crippen LogP contribution in [0.5, 0.6) is 11.5 Å². The summed E-state index contributed by atoms with van der Waals surface area (Å²) in [5, 5.41) is 3.99. The summed E-state index contributed by atoms with van der Waals surface area (Å²) >= 11 is 5.83. The smallest absolute Gasteiger partial charge is 0.232 e. The first-order chi connectivity index (χ1) is 13.6. The number of amides is 1. The largest absolute Gasteiger partial charge is 0.454 e. The molecule has 1 unspecified atom stereocenters. The molecule has 7 nitrogen and oxygen atoms in total. The second kappa shape index (κ2) is 6.49. The molecule has 1 aromatic heterocycles. The van der Waals surface area contributed by atoms with Crippen LogP contribution in [0.2, 0.25) is 5.02 Å². The zero-order valence-corrected chi connectivity index (χ0v) is 15.1. The van der Waals surface area contributed by atoms with E-state index in [4.69, 9.17) is 25.6 Å². The average Bonchev–Trinajstić information content (AvgIpc) is 3.42. The molecule has 0 radical (unpaired) electrons. The fourth-order valence-corrected chi connectivity index (χ4v) is 3.50. The van der Waals surface area contributed by atoms with Crippen molar-refractivity contribution in [3.05, 3.63) is 53.1 Å². The molecule has 3 aromatic rings. The molecular formula is C19H13ClFN3O4. The van der Waals surface area contributed by atoms with Crippen LogP contribution in [-0.4, -0.2) is 29.4 Å². The number of ether oxygens (including phenoxy) is 2. The van der Waals surface area contributed by atoms with Crippen molar-refractivity contribution in [2.45, 2.75) is 12.3 Å². The number of rotatable bonds is 3. The minimum atomic E-state index is -0.529. The maximum absolute atomic E-state index is 13.4. The summed E-state index contributed by atoms with van der Waals surface area (Å²) in [7, 11) is 0. The van der Waals surface area contributed by atoms with E-state index in [1.54, 1.807) is 17.0 Å². The summed E-state index contributed by atoms with van der Waals surface area (Å²) in [6.45, 7) is 0.535. The lowest BCUT2D eigenvalue weighted by atomic mass is 10.1. The highest BCUT2D eigenvalue weighted by Gasteiger charge is 2.35. The monoisotopic (exact) mass is 401 g/mol. The SMILES string of the molecule is O=C1CC(c2nc(-c3ccc4c(c3)OCO4)no2)CN1c1ccc(F)c(Cl)c1. The molecular weight excluding hydrogens is 389 g/mol. The molecule has 0 aliphatic carbocycles. The van der Waals surface area contributed by atoms with E-state index in [1.807, 2.05) is 6.07 Å². The second-order valence-electron chi connectivity index (χ2n) is 6.53. The molecule has 5 rings (SSSR count). The first-order valence-electron chi connectivity index (χ1n) is 8.57. The molecule has 9 heteroatoms. The van der Waals surface area contributed by atoms with E-state index in [1.165, 1.54) is 18.2 Å². The Morgan fingerprint density at radius 1 is 1.14 bits per heavy atom. The lowest BCUT2D eigenvalue weighted by Crippen LogP contribution is -2.24. The van der Waals surface area contributed by atoms with E-state index >= 15 is 0 Å². The Bertz CT molecular complexity index is 1090. The number of aromatic nitrogens is 2. The number of hydrogen-bond acceptors (Lipinski definition) is 6. The highest BCUT2D eigenvalue weighted by atomic mass is 35.5. The van der Waals surface area contributed by atoms with Crippen LogP contribution in [0.4, 0.5) is 10.1 Å². The molecule has 2 aliphatic rings. The number of hydrogen-bond donors (Lipinski definition) is 0. The van der Waals surface area contributed by atoms with Crippen LogP contribution in [0, 0.1) is 5.82 Å². The van der Waals surface area contributed by atoms with Gasteiger partial charge < -0.3 is 18.9 Å². The molecule has 2 aliphatic heterocycles. The van der Waals surface area contributed by atoms with Gasteiger partial charge in [-0.3, -0.25) is 4.79 Å². The Balaban J connectivity index is 1.37. The van der Waals surface area contributed by atoms with Crippen LogP contribution < -0.4 is 14.4 Å². The lowest BCUT2D eigenvalue weighted by molar-refractivity contribution is -0.117. The van der Waals surface area contributed by atoms with Gasteiger partial charge in [0.25, 0.3) is 0 Å². The normalized spacial score (nSPS) is 18.1. The molecule has 1 amide bonds. The number of carbonyl (C=O) groups is 1. The van der Waals surface area contributed by atoms with Crippen molar-refractivity contribution in [3.8, 4) is 22.9 Å². The highest BCUT2D eigenvalue weighted by Crippen LogP contribution is 2.36. The first kappa shape index (κ1) is 17.0. The van der Waals surface area contributed by atoms with E-state index in [0.29, 0.717) is 35.4 Å². The third-order valence-corrected chi connectivity index (χ3v) is 5.05. The van der Waals surface area contributed by atoms with E-state index < -0.39 is 5.82 Å². The Morgan fingerprint density at radius 3 is 2.86 bits per heavy atom. The molecule has 0 N–H and O–H groups in total. The zero-order chi connectivity index (χ0) is 19.3. The Morgan fingerprint density at radius 2 is 2.00 bits per heavy atom. The van der Waals surface area contributed by atoms with Gasteiger partial charge in [0.15, 0.2) is 11.5 Å². The summed E-state index contributed by atoms with van der Waals surface area (Å²) in [5.74, 6) is 1.17. The van der Waals surface area contributed by atoms with E-state index in [0.717, 1.165) is 5.56 Å². The van der Waals surface area contributed by atoms with Gasteiger partial charge in [-0.2, -0.15) is 4.98 Å². The van der Waals surface area contributed by atoms with Gasteiger partial charge in [0.1, 0.15) is 5.82 Å². The standard InChI is InChI=1S/C19H13ClFN3O4/c20-13-7-12(2-3-14(13)21)24-8-11(6-17(24)25)19-22-18(23-28-19)10-1-4-15-16(5-10)27-9-26-15/h1-5,7,11H,6,8-9H2. The lowest BCUT2D eigenvalue weighted by Gasteiger charge is -2.16. The van der Waals surface area contributed by atoms with Crippen molar-refractivity contribution in [3.63, 3.8) is 0 Å². The number of benzene rings is 2. The van der Waals surface area contributed by atoms with Gasteiger partial charge in [0, 0.05) is 24.2 Å². The molecule has 142 valence electrons. The third kappa shape index (κ3) is 2.86. The number of anilines is 1. The minimum Gasteiger partial charge on any atom is -0.454 e. The van der Waals surface area contributed by atoms with Crippen LogP contribution in [0.3, 0.4) is 0 Å². The molecule has 3 heterocycles. The number of fused-ring (bicyclic) bond motifs is 1. The molecule has 28 heavy (non-hydrogen) atoms. The Labute approximate surface area is 163 Å². The Hall–Kier alpha value is -3.13. The van der Waals surface area contributed by atoms with Gasteiger partial charge in [0.2, 0.25) is 24.4 Å². The van der Waals surface area contributed by atoms with Crippen LogP contribution in [-0.2, 0) is 4.79 Å². The maximum atomic E-state index is 13.4. The maximum Gasteiger partial charge on any atom is 0.232 e. The fraction of sp³-hybridized carbons (Fsp3) is 0.211. The van der Waals surface area contributed by atoms with Crippen molar-refractivity contribution in [1.82, 2.24) is 10.1 Å². The van der Waals surface area contributed by atoms with Crippen molar-refractivity contribution in [1.29, 1.82) is 0 Å². The molecule has 1 saturated heterocycles. The molecule has 2 aromatic carbocycles. The first-order valence-corrected chi connectivity index (χ1v) is 8.95. The Kier molecular flexibility index (Phi) is 3.94. The van der Waals surface area contributed by atoms with E-state index in [-0.39, 0.29) is 30.1 Å². The predicted octanol–water partition coefficient (Wildman–Crippen LogP) is 3.78. The molecule has 0 bridgehead atoms. The summed E-state index contributed by atoms with van der Waals surface area (Å²) in [5.41, 5.74) is 1.26. The highest BCUT2D eigenvalue weighted by molar-refractivity contribution is 6.31. The van der Waals surface area contributed by atoms with Crippen LogP contribution >= 0.6 is 11.6 Å². The van der Waals surface area contributed by atoms with Gasteiger partial charge in [-0.25, -0.2) is 4.39 Å². The van der Waals surface area contributed by atoms with Crippen LogP contribution in [0.1, 0.15) is 18.2 Å². The summed E-state index contributed by atoms with van der Waals surface area (Å²) < 4.78 is 29.4. The quantitative estimate of drug-likeness (QED) is 0.664. The van der Waals surface area contributed by atoms with Gasteiger partial charge >= 0.3 is 0 Å². The number of carbonyl (C=O) groups excluding carboxylic acids is 1.